The van der Waals surface area contributed by atoms with E-state index in [1.807, 2.05) is 6.92 Å². The summed E-state index contributed by atoms with van der Waals surface area (Å²) in [7, 11) is 1.73. The predicted octanol–water partition coefficient (Wildman–Crippen LogP) is 0.817. The number of rotatable bonds is 2. The van der Waals surface area contributed by atoms with E-state index in [4.69, 9.17) is 5.73 Å². The van der Waals surface area contributed by atoms with E-state index in [1.54, 1.807) is 17.3 Å². The highest BCUT2D eigenvalue weighted by Crippen LogP contribution is 2.12. The van der Waals surface area contributed by atoms with Crippen LogP contribution in [0.2, 0.25) is 0 Å². The van der Waals surface area contributed by atoms with Crippen LogP contribution in [-0.2, 0) is 0 Å². The molecule has 0 saturated heterocycles. The third-order valence-electron chi connectivity index (χ3n) is 1.56. The van der Waals surface area contributed by atoms with Crippen LogP contribution >= 0.6 is 11.3 Å². The average Bonchev–Trinajstić information content (AvgIpc) is 2.49. The van der Waals surface area contributed by atoms with E-state index >= 15 is 0 Å². The molecular weight excluding hydrogens is 174 g/mol. The summed E-state index contributed by atoms with van der Waals surface area (Å²) in [5, 5.41) is 2.10. The highest BCUT2D eigenvalue weighted by molar-refractivity contribution is 7.13. The second kappa shape index (κ2) is 3.53. The smallest absolute Gasteiger partial charge is 0.273 e. The minimum absolute atomic E-state index is 0.0783. The second-order valence-corrected chi connectivity index (χ2v) is 3.28. The lowest BCUT2D eigenvalue weighted by molar-refractivity contribution is 0.0797. The van der Waals surface area contributed by atoms with E-state index in [0.717, 1.165) is 0 Å². The average molecular weight is 185 g/mol. The maximum Gasteiger partial charge on any atom is 0.273 e. The van der Waals surface area contributed by atoms with Crippen LogP contribution in [0.25, 0.3) is 0 Å². The molecule has 66 valence electrons. The summed E-state index contributed by atoms with van der Waals surface area (Å²) in [6.07, 6.45) is 0. The molecule has 0 spiro atoms. The molecule has 4 nitrogen and oxygen atoms in total. The molecule has 0 aliphatic carbocycles. The number of carbonyl (C=O) groups excluding carboxylic acids is 1. The zero-order valence-electron chi connectivity index (χ0n) is 7.07. The fourth-order valence-electron chi connectivity index (χ4n) is 0.725. The molecule has 1 heterocycles. The van der Waals surface area contributed by atoms with Crippen LogP contribution in [0.3, 0.4) is 0 Å². The van der Waals surface area contributed by atoms with Gasteiger partial charge in [-0.25, -0.2) is 4.98 Å². The normalized spacial score (nSPS) is 9.83. The van der Waals surface area contributed by atoms with Gasteiger partial charge in [0, 0.05) is 19.0 Å². The first-order valence-corrected chi connectivity index (χ1v) is 4.49. The van der Waals surface area contributed by atoms with Crippen LogP contribution in [0.5, 0.6) is 0 Å². The Labute approximate surface area is 75.0 Å². The Morgan fingerprint density at radius 3 is 2.92 bits per heavy atom. The fraction of sp³-hybridized carbons (Fsp3) is 0.429. The van der Waals surface area contributed by atoms with E-state index in [1.165, 1.54) is 11.3 Å². The predicted molar refractivity (Wildman–Crippen MR) is 49.2 cm³/mol. The van der Waals surface area contributed by atoms with Gasteiger partial charge in [-0.3, -0.25) is 4.79 Å². The molecule has 0 saturated carbocycles. The molecule has 0 aliphatic rings. The van der Waals surface area contributed by atoms with Crippen LogP contribution in [0.4, 0.5) is 5.13 Å². The van der Waals surface area contributed by atoms with Gasteiger partial charge < -0.3 is 10.6 Å². The number of amides is 1. The summed E-state index contributed by atoms with van der Waals surface area (Å²) in [5.41, 5.74) is 5.83. The number of hydrogen-bond donors (Lipinski definition) is 1. The van der Waals surface area contributed by atoms with Crippen molar-refractivity contribution in [3.8, 4) is 0 Å². The Hall–Kier alpha value is -1.10. The van der Waals surface area contributed by atoms with E-state index in [0.29, 0.717) is 17.4 Å². The van der Waals surface area contributed by atoms with Crippen LogP contribution in [-0.4, -0.2) is 29.4 Å². The summed E-state index contributed by atoms with van der Waals surface area (Å²) in [6, 6.07) is 0. The zero-order valence-corrected chi connectivity index (χ0v) is 7.89. The molecule has 1 aromatic heterocycles. The van der Waals surface area contributed by atoms with Gasteiger partial charge in [0.1, 0.15) is 5.69 Å². The molecule has 0 radical (unpaired) electrons. The molecular formula is C7H11N3OS. The second-order valence-electron chi connectivity index (χ2n) is 2.39. The van der Waals surface area contributed by atoms with Gasteiger partial charge >= 0.3 is 0 Å². The van der Waals surface area contributed by atoms with E-state index < -0.39 is 0 Å². The third-order valence-corrected chi connectivity index (χ3v) is 2.24. The summed E-state index contributed by atoms with van der Waals surface area (Å²) in [4.78, 5) is 16.9. The summed E-state index contributed by atoms with van der Waals surface area (Å²) >= 11 is 1.28. The first kappa shape index (κ1) is 8.99. The van der Waals surface area contributed by atoms with Crippen LogP contribution in [0, 0.1) is 0 Å². The van der Waals surface area contributed by atoms with Crippen molar-refractivity contribution < 1.29 is 4.79 Å². The van der Waals surface area contributed by atoms with Gasteiger partial charge in [-0.05, 0) is 6.92 Å². The van der Waals surface area contributed by atoms with Gasteiger partial charge in [0.2, 0.25) is 0 Å². The van der Waals surface area contributed by atoms with Crippen molar-refractivity contribution in [3.05, 3.63) is 11.1 Å². The lowest BCUT2D eigenvalue weighted by atomic mass is 10.4. The van der Waals surface area contributed by atoms with Crippen molar-refractivity contribution in [2.75, 3.05) is 19.3 Å². The monoisotopic (exact) mass is 185 g/mol. The van der Waals surface area contributed by atoms with Crippen molar-refractivity contribution >= 4 is 22.4 Å². The van der Waals surface area contributed by atoms with Gasteiger partial charge in [-0.1, -0.05) is 0 Å². The number of nitrogens with two attached hydrogens (primary N) is 1. The van der Waals surface area contributed by atoms with E-state index in [9.17, 15) is 4.79 Å². The summed E-state index contributed by atoms with van der Waals surface area (Å²) in [5.74, 6) is -0.0783. The van der Waals surface area contributed by atoms with E-state index in [-0.39, 0.29) is 5.91 Å². The standard InChI is InChI=1S/C7H11N3OS/c1-3-10(2)6(11)5-4-12-7(8)9-5/h4H,3H2,1-2H3,(H2,8,9). The Balaban J connectivity index is 2.78. The highest BCUT2D eigenvalue weighted by Gasteiger charge is 2.12. The highest BCUT2D eigenvalue weighted by atomic mass is 32.1. The Bertz CT molecular complexity index is 284. The quantitative estimate of drug-likeness (QED) is 0.742. The summed E-state index contributed by atoms with van der Waals surface area (Å²) in [6.45, 7) is 2.59. The number of nitrogen functional groups attached to an aromatic ring is 1. The number of hydrogen-bond acceptors (Lipinski definition) is 4. The molecule has 0 aliphatic heterocycles. The van der Waals surface area contributed by atoms with Crippen molar-refractivity contribution in [2.45, 2.75) is 6.92 Å². The largest absolute Gasteiger partial charge is 0.375 e. The molecule has 1 amide bonds. The molecule has 1 aromatic rings. The molecule has 0 fully saturated rings. The molecule has 0 unspecified atom stereocenters. The van der Waals surface area contributed by atoms with Gasteiger partial charge in [0.05, 0.1) is 0 Å². The van der Waals surface area contributed by atoms with Crippen molar-refractivity contribution in [2.24, 2.45) is 0 Å². The Morgan fingerprint density at radius 1 is 1.83 bits per heavy atom. The number of thiazole rings is 1. The number of aromatic nitrogens is 1. The number of anilines is 1. The topological polar surface area (TPSA) is 59.2 Å². The summed E-state index contributed by atoms with van der Waals surface area (Å²) < 4.78 is 0. The molecule has 5 heteroatoms. The fourth-order valence-corrected chi connectivity index (χ4v) is 1.26. The van der Waals surface area contributed by atoms with Crippen molar-refractivity contribution in [1.29, 1.82) is 0 Å². The lowest BCUT2D eigenvalue weighted by Crippen LogP contribution is -2.26. The zero-order chi connectivity index (χ0) is 9.14. The lowest BCUT2D eigenvalue weighted by Gasteiger charge is -2.11. The van der Waals surface area contributed by atoms with Crippen LogP contribution in [0.15, 0.2) is 5.38 Å². The van der Waals surface area contributed by atoms with Crippen LogP contribution < -0.4 is 5.73 Å². The Kier molecular flexibility index (Phi) is 2.65. The third kappa shape index (κ3) is 1.73. The number of nitrogens with zero attached hydrogens (tertiary/aromatic N) is 2. The first-order chi connectivity index (χ1) is 5.65. The maximum atomic E-state index is 11.4. The minimum Gasteiger partial charge on any atom is -0.375 e. The van der Waals surface area contributed by atoms with Crippen molar-refractivity contribution in [1.82, 2.24) is 9.88 Å². The molecule has 0 bridgehead atoms. The van der Waals surface area contributed by atoms with Crippen molar-refractivity contribution in [3.63, 3.8) is 0 Å². The van der Waals surface area contributed by atoms with Gasteiger partial charge in [-0.2, -0.15) is 0 Å². The SMILES string of the molecule is CCN(C)C(=O)c1csc(N)n1. The molecule has 1 rings (SSSR count). The van der Waals surface area contributed by atoms with Crippen LogP contribution in [0.1, 0.15) is 17.4 Å². The number of carbonyl (C=O) groups is 1. The first-order valence-electron chi connectivity index (χ1n) is 3.61. The molecule has 12 heavy (non-hydrogen) atoms. The molecule has 0 aromatic carbocycles. The minimum atomic E-state index is -0.0783. The molecule has 2 N–H and O–H groups in total. The Morgan fingerprint density at radius 2 is 2.50 bits per heavy atom. The van der Waals surface area contributed by atoms with Gasteiger partial charge in [-0.15, -0.1) is 11.3 Å². The molecule has 0 atom stereocenters. The van der Waals surface area contributed by atoms with E-state index in [2.05, 4.69) is 4.98 Å². The maximum absolute atomic E-state index is 11.4. The van der Waals surface area contributed by atoms with Gasteiger partial charge in [0.15, 0.2) is 5.13 Å². The van der Waals surface area contributed by atoms with Gasteiger partial charge in [0.25, 0.3) is 5.91 Å².